The first-order valence-corrected chi connectivity index (χ1v) is 4.40. The summed E-state index contributed by atoms with van der Waals surface area (Å²) >= 11 is 0. The van der Waals surface area contributed by atoms with E-state index in [9.17, 15) is 4.79 Å². The largest absolute Gasteiger partial charge is 0.481 e. The lowest BCUT2D eigenvalue weighted by atomic mass is 10.0. The van der Waals surface area contributed by atoms with Crippen molar-refractivity contribution in [2.45, 2.75) is 33.6 Å². The lowest BCUT2D eigenvalue weighted by Crippen LogP contribution is -2.01. The summed E-state index contributed by atoms with van der Waals surface area (Å²) in [5.41, 5.74) is 0. The van der Waals surface area contributed by atoms with Crippen LogP contribution in [0.3, 0.4) is 0 Å². The van der Waals surface area contributed by atoms with Crippen LogP contribution in [0.1, 0.15) is 33.6 Å². The molecule has 0 heterocycles. The van der Waals surface area contributed by atoms with E-state index in [1.807, 2.05) is 13.0 Å². The number of hydrogen-bond donors (Lipinski definition) is 1. The van der Waals surface area contributed by atoms with E-state index in [1.54, 1.807) is 0 Å². The molecule has 2 nitrogen and oxygen atoms in total. The Morgan fingerprint density at radius 3 is 2.42 bits per heavy atom. The summed E-state index contributed by atoms with van der Waals surface area (Å²) in [6, 6.07) is 0. The molecule has 0 aromatic carbocycles. The van der Waals surface area contributed by atoms with Gasteiger partial charge < -0.3 is 5.11 Å². The minimum Gasteiger partial charge on any atom is -0.481 e. The Kier molecular flexibility index (Phi) is 5.43. The van der Waals surface area contributed by atoms with Crippen molar-refractivity contribution in [2.75, 3.05) is 0 Å². The van der Waals surface area contributed by atoms with Crippen LogP contribution in [0.2, 0.25) is 0 Å². The van der Waals surface area contributed by atoms with Gasteiger partial charge in [0, 0.05) is 0 Å². The highest BCUT2D eigenvalue weighted by molar-refractivity contribution is 5.67. The van der Waals surface area contributed by atoms with E-state index in [-0.39, 0.29) is 12.3 Å². The van der Waals surface area contributed by atoms with Crippen molar-refractivity contribution >= 4 is 5.97 Å². The summed E-state index contributed by atoms with van der Waals surface area (Å²) in [7, 11) is 0. The van der Waals surface area contributed by atoms with Crippen molar-refractivity contribution in [3.63, 3.8) is 0 Å². The van der Waals surface area contributed by atoms with Crippen LogP contribution in [0.25, 0.3) is 0 Å². The second-order valence-corrected chi connectivity index (χ2v) is 3.63. The molecule has 12 heavy (non-hydrogen) atoms. The molecule has 0 aliphatic rings. The van der Waals surface area contributed by atoms with Gasteiger partial charge in [0.25, 0.3) is 0 Å². The van der Waals surface area contributed by atoms with Crippen LogP contribution in [0, 0.1) is 11.8 Å². The van der Waals surface area contributed by atoms with E-state index in [4.69, 9.17) is 5.11 Å². The fraction of sp³-hybridized carbons (Fsp3) is 0.700. The highest BCUT2D eigenvalue weighted by atomic mass is 16.4. The third-order valence-electron chi connectivity index (χ3n) is 1.57. The summed E-state index contributed by atoms with van der Waals surface area (Å²) in [4.78, 5) is 10.3. The Morgan fingerprint density at radius 2 is 2.00 bits per heavy atom. The second kappa shape index (κ2) is 5.81. The van der Waals surface area contributed by atoms with Gasteiger partial charge in [0.1, 0.15) is 0 Å². The highest BCUT2D eigenvalue weighted by Crippen LogP contribution is 2.06. The first kappa shape index (κ1) is 11.2. The molecule has 0 fully saturated rings. The normalized spacial score (nSPS) is 14.0. The van der Waals surface area contributed by atoms with Gasteiger partial charge in [0.2, 0.25) is 0 Å². The molecular formula is C10H18O2. The van der Waals surface area contributed by atoms with Gasteiger partial charge in [0.05, 0.1) is 6.42 Å². The van der Waals surface area contributed by atoms with Crippen LogP contribution >= 0.6 is 0 Å². The summed E-state index contributed by atoms with van der Waals surface area (Å²) in [5.74, 6) is 0.0798. The maximum atomic E-state index is 10.3. The Hall–Kier alpha value is -0.790. The second-order valence-electron chi connectivity index (χ2n) is 3.63. The molecule has 0 aliphatic carbocycles. The lowest BCUT2D eigenvalue weighted by molar-refractivity contribution is -0.137. The number of allylic oxidation sites excluding steroid dienone is 2. The van der Waals surface area contributed by atoms with E-state index < -0.39 is 5.97 Å². The molecule has 70 valence electrons. The average molecular weight is 170 g/mol. The molecule has 1 N–H and O–H groups in total. The van der Waals surface area contributed by atoms with Crippen LogP contribution in [0.4, 0.5) is 0 Å². The minimum absolute atomic E-state index is 0.154. The van der Waals surface area contributed by atoms with E-state index in [2.05, 4.69) is 19.9 Å². The smallest absolute Gasteiger partial charge is 0.303 e. The van der Waals surface area contributed by atoms with Gasteiger partial charge in [-0.15, -0.1) is 0 Å². The summed E-state index contributed by atoms with van der Waals surface area (Å²) in [5, 5.41) is 8.46. The predicted octanol–water partition coefficient (Wildman–Crippen LogP) is 2.70. The van der Waals surface area contributed by atoms with Crippen LogP contribution in [0.15, 0.2) is 12.2 Å². The van der Waals surface area contributed by atoms with Gasteiger partial charge in [-0.25, -0.2) is 0 Å². The number of aliphatic carboxylic acids is 1. The summed E-state index contributed by atoms with van der Waals surface area (Å²) in [6.07, 6.45) is 5.31. The molecule has 1 unspecified atom stereocenters. The zero-order valence-corrected chi connectivity index (χ0v) is 8.08. The molecule has 2 heteroatoms. The van der Waals surface area contributed by atoms with Gasteiger partial charge in [-0.05, 0) is 18.3 Å². The van der Waals surface area contributed by atoms with E-state index in [0.717, 1.165) is 6.42 Å². The van der Waals surface area contributed by atoms with E-state index in [1.165, 1.54) is 0 Å². The lowest BCUT2D eigenvalue weighted by Gasteiger charge is -2.01. The molecule has 0 aromatic rings. The van der Waals surface area contributed by atoms with Crippen molar-refractivity contribution < 1.29 is 9.90 Å². The third-order valence-corrected chi connectivity index (χ3v) is 1.57. The van der Waals surface area contributed by atoms with Gasteiger partial charge >= 0.3 is 5.97 Å². The molecule has 0 radical (unpaired) electrons. The van der Waals surface area contributed by atoms with Crippen LogP contribution in [-0.4, -0.2) is 11.1 Å². The van der Waals surface area contributed by atoms with Crippen molar-refractivity contribution in [1.82, 2.24) is 0 Å². The quantitative estimate of drug-likeness (QED) is 0.644. The summed E-state index contributed by atoms with van der Waals surface area (Å²) < 4.78 is 0. The third kappa shape index (κ3) is 7.32. The maximum absolute atomic E-state index is 10.3. The molecule has 0 saturated carbocycles. The van der Waals surface area contributed by atoms with Crippen LogP contribution < -0.4 is 0 Å². The number of rotatable bonds is 5. The SMILES string of the molecule is CC(C)C/C=C/C(C)CC(=O)O. The Morgan fingerprint density at radius 1 is 1.42 bits per heavy atom. The molecule has 0 saturated heterocycles. The minimum atomic E-state index is -0.725. The van der Waals surface area contributed by atoms with Gasteiger partial charge in [-0.1, -0.05) is 32.9 Å². The standard InChI is InChI=1S/C10H18O2/c1-8(2)5-4-6-9(3)7-10(11)12/h4,6,8-9H,5,7H2,1-3H3,(H,11,12)/b6-4+. The van der Waals surface area contributed by atoms with Crippen LogP contribution in [0.5, 0.6) is 0 Å². The summed E-state index contributed by atoms with van der Waals surface area (Å²) in [6.45, 7) is 6.21. The van der Waals surface area contributed by atoms with Gasteiger partial charge in [-0.3, -0.25) is 4.79 Å². The average Bonchev–Trinajstić information content (AvgIpc) is 1.84. The molecule has 0 aromatic heterocycles. The number of hydrogen-bond acceptors (Lipinski definition) is 1. The first-order chi connectivity index (χ1) is 5.52. The Balaban J connectivity index is 3.60. The molecule has 0 amide bonds. The maximum Gasteiger partial charge on any atom is 0.303 e. The number of carbonyl (C=O) groups is 1. The van der Waals surface area contributed by atoms with Crippen molar-refractivity contribution in [3.8, 4) is 0 Å². The van der Waals surface area contributed by atoms with Crippen LogP contribution in [-0.2, 0) is 4.79 Å². The first-order valence-electron chi connectivity index (χ1n) is 4.40. The molecule has 0 spiro atoms. The van der Waals surface area contributed by atoms with E-state index in [0.29, 0.717) is 5.92 Å². The van der Waals surface area contributed by atoms with Crippen molar-refractivity contribution in [1.29, 1.82) is 0 Å². The molecule has 1 atom stereocenters. The monoisotopic (exact) mass is 170 g/mol. The zero-order chi connectivity index (χ0) is 9.56. The number of carboxylic acids is 1. The highest BCUT2D eigenvalue weighted by Gasteiger charge is 2.02. The molecule has 0 bridgehead atoms. The van der Waals surface area contributed by atoms with Gasteiger partial charge in [0.15, 0.2) is 0 Å². The molecule has 0 aliphatic heterocycles. The van der Waals surface area contributed by atoms with Gasteiger partial charge in [-0.2, -0.15) is 0 Å². The fourth-order valence-electron chi connectivity index (χ4n) is 0.927. The molecular weight excluding hydrogens is 152 g/mol. The Bertz CT molecular complexity index is 159. The Labute approximate surface area is 74.3 Å². The topological polar surface area (TPSA) is 37.3 Å². The molecule has 0 rings (SSSR count). The zero-order valence-electron chi connectivity index (χ0n) is 8.08. The van der Waals surface area contributed by atoms with Crippen molar-refractivity contribution in [3.05, 3.63) is 12.2 Å². The predicted molar refractivity (Wildman–Crippen MR) is 50.0 cm³/mol. The van der Waals surface area contributed by atoms with E-state index >= 15 is 0 Å². The fourth-order valence-corrected chi connectivity index (χ4v) is 0.927. The van der Waals surface area contributed by atoms with Crippen molar-refractivity contribution in [2.24, 2.45) is 11.8 Å². The number of carboxylic acid groups (broad SMARTS) is 1.